The molecule has 26 heavy (non-hydrogen) atoms. The third kappa shape index (κ3) is 4.06. The third-order valence-corrected chi connectivity index (χ3v) is 4.12. The van der Waals surface area contributed by atoms with E-state index in [2.05, 4.69) is 47.1 Å². The molecule has 1 aromatic carbocycles. The van der Waals surface area contributed by atoms with Crippen LogP contribution >= 0.6 is 15.9 Å². The van der Waals surface area contributed by atoms with Crippen molar-refractivity contribution in [1.82, 2.24) is 20.4 Å². The van der Waals surface area contributed by atoms with E-state index in [0.29, 0.717) is 21.7 Å². The smallest absolute Gasteiger partial charge is 0.270 e. The maximum atomic E-state index is 12.3. The van der Waals surface area contributed by atoms with Crippen LogP contribution in [0.25, 0.3) is 0 Å². The number of pyridine rings is 1. The van der Waals surface area contributed by atoms with Gasteiger partial charge in [-0.1, -0.05) is 18.2 Å². The minimum atomic E-state index is -0.328. The predicted octanol–water partition coefficient (Wildman–Crippen LogP) is 3.03. The number of halogens is 1. The highest BCUT2D eigenvalue weighted by Gasteiger charge is 2.12. The van der Waals surface area contributed by atoms with Crippen LogP contribution < -0.4 is 21.9 Å². The molecule has 0 saturated heterocycles. The van der Waals surface area contributed by atoms with Gasteiger partial charge in [0, 0.05) is 10.2 Å². The average molecular weight is 414 g/mol. The van der Waals surface area contributed by atoms with Crippen molar-refractivity contribution in [3.63, 3.8) is 0 Å². The largest absolute Gasteiger partial charge is 0.393 e. The number of hydrogen-bond acceptors (Lipinski definition) is 7. The molecular formula is C17H16BrN7O. The van der Waals surface area contributed by atoms with E-state index in [1.54, 1.807) is 24.3 Å². The van der Waals surface area contributed by atoms with Gasteiger partial charge in [0.05, 0.1) is 5.56 Å². The fourth-order valence-corrected chi connectivity index (χ4v) is 2.62. The Morgan fingerprint density at radius 2 is 1.85 bits per heavy atom. The van der Waals surface area contributed by atoms with E-state index in [-0.39, 0.29) is 17.4 Å². The molecular weight excluding hydrogens is 398 g/mol. The van der Waals surface area contributed by atoms with E-state index in [9.17, 15) is 4.79 Å². The van der Waals surface area contributed by atoms with Crippen molar-refractivity contribution < 1.29 is 4.79 Å². The summed E-state index contributed by atoms with van der Waals surface area (Å²) in [5.74, 6) is 0.940. The first-order valence-corrected chi connectivity index (χ1v) is 8.46. The zero-order valence-electron chi connectivity index (χ0n) is 13.8. The van der Waals surface area contributed by atoms with E-state index < -0.39 is 0 Å². The number of carbonyl (C=O) groups is 1. The molecule has 2 heterocycles. The Morgan fingerprint density at radius 3 is 2.62 bits per heavy atom. The minimum Gasteiger partial charge on any atom is -0.393 e. The first-order chi connectivity index (χ1) is 12.5. The van der Waals surface area contributed by atoms with E-state index in [4.69, 9.17) is 5.73 Å². The zero-order chi connectivity index (χ0) is 18.5. The molecule has 3 aromatic rings. The molecule has 1 amide bonds. The monoisotopic (exact) mass is 413 g/mol. The highest BCUT2D eigenvalue weighted by atomic mass is 79.9. The summed E-state index contributed by atoms with van der Waals surface area (Å²) in [5, 5.41) is 3.03. The standard InChI is InChI=1S/C17H16BrN7O/c1-10-5-4-8-13(22-10)23-15-14(19)16(21-9-20-15)24-25-17(26)11-6-2-3-7-12(11)18/h2-9H,19H2,1H3,(H,25,26)(H2,20,21,22,23,24). The number of amides is 1. The second kappa shape index (κ2) is 7.79. The number of carbonyl (C=O) groups excluding carboxylic acids is 1. The summed E-state index contributed by atoms with van der Waals surface area (Å²) in [7, 11) is 0. The van der Waals surface area contributed by atoms with Crippen LogP contribution in [-0.2, 0) is 0 Å². The normalized spacial score (nSPS) is 10.2. The highest BCUT2D eigenvalue weighted by Crippen LogP contribution is 2.24. The van der Waals surface area contributed by atoms with Crippen LogP contribution in [0.4, 0.5) is 23.1 Å². The minimum absolute atomic E-state index is 0.253. The lowest BCUT2D eigenvalue weighted by Gasteiger charge is -2.13. The molecule has 0 aliphatic carbocycles. The molecule has 5 N–H and O–H groups in total. The highest BCUT2D eigenvalue weighted by molar-refractivity contribution is 9.10. The number of nitrogens with zero attached hydrogens (tertiary/aromatic N) is 3. The van der Waals surface area contributed by atoms with Crippen molar-refractivity contribution in [1.29, 1.82) is 0 Å². The summed E-state index contributed by atoms with van der Waals surface area (Å²) in [6.07, 6.45) is 1.33. The first kappa shape index (κ1) is 17.6. The summed E-state index contributed by atoms with van der Waals surface area (Å²) >= 11 is 3.34. The summed E-state index contributed by atoms with van der Waals surface area (Å²) in [6.45, 7) is 1.89. The summed E-state index contributed by atoms with van der Waals surface area (Å²) in [6, 6.07) is 12.6. The van der Waals surface area contributed by atoms with Crippen molar-refractivity contribution in [2.45, 2.75) is 6.92 Å². The van der Waals surface area contributed by atoms with Gasteiger partial charge >= 0.3 is 0 Å². The molecule has 0 atom stereocenters. The molecule has 0 bridgehead atoms. The number of anilines is 4. The molecule has 0 spiro atoms. The fourth-order valence-electron chi connectivity index (χ4n) is 2.16. The Hall–Kier alpha value is -3.20. The molecule has 9 heteroatoms. The van der Waals surface area contributed by atoms with Crippen LogP contribution in [0.2, 0.25) is 0 Å². The van der Waals surface area contributed by atoms with Crippen molar-refractivity contribution in [2.24, 2.45) is 0 Å². The van der Waals surface area contributed by atoms with Crippen LogP contribution in [0.1, 0.15) is 16.1 Å². The average Bonchev–Trinajstić information content (AvgIpc) is 2.62. The summed E-state index contributed by atoms with van der Waals surface area (Å²) in [4.78, 5) is 24.8. The quantitative estimate of drug-likeness (QED) is 0.474. The summed E-state index contributed by atoms with van der Waals surface area (Å²) < 4.78 is 0.683. The van der Waals surface area contributed by atoms with Gasteiger partial charge in [-0.2, -0.15) is 0 Å². The molecule has 8 nitrogen and oxygen atoms in total. The molecule has 2 aromatic heterocycles. The lowest BCUT2D eigenvalue weighted by molar-refractivity contribution is 0.0961. The number of nitrogen functional groups attached to an aromatic ring is 1. The molecule has 0 aliphatic rings. The number of nitrogens with one attached hydrogen (secondary N) is 3. The van der Waals surface area contributed by atoms with Gasteiger partial charge in [-0.15, -0.1) is 0 Å². The maximum absolute atomic E-state index is 12.3. The third-order valence-electron chi connectivity index (χ3n) is 3.43. The first-order valence-electron chi connectivity index (χ1n) is 7.66. The van der Waals surface area contributed by atoms with E-state index in [0.717, 1.165) is 5.69 Å². The van der Waals surface area contributed by atoms with Gasteiger partial charge in [0.1, 0.15) is 17.8 Å². The van der Waals surface area contributed by atoms with Crippen molar-refractivity contribution in [3.8, 4) is 0 Å². The number of rotatable bonds is 5. The number of aromatic nitrogens is 3. The number of benzene rings is 1. The second-order valence-electron chi connectivity index (χ2n) is 5.33. The van der Waals surface area contributed by atoms with E-state index in [1.165, 1.54) is 6.33 Å². The van der Waals surface area contributed by atoms with E-state index in [1.807, 2.05) is 25.1 Å². The molecule has 0 aliphatic heterocycles. The van der Waals surface area contributed by atoms with Crippen molar-refractivity contribution >= 4 is 45.0 Å². The molecule has 0 saturated carbocycles. The topological polar surface area (TPSA) is 118 Å². The van der Waals surface area contributed by atoms with Crippen LogP contribution in [0.5, 0.6) is 0 Å². The number of nitrogens with two attached hydrogens (primary N) is 1. The molecule has 0 unspecified atom stereocenters. The van der Waals surface area contributed by atoms with Gasteiger partial charge in [0.25, 0.3) is 5.91 Å². The Morgan fingerprint density at radius 1 is 1.08 bits per heavy atom. The van der Waals surface area contributed by atoms with Crippen molar-refractivity contribution in [3.05, 3.63) is 64.5 Å². The predicted molar refractivity (Wildman–Crippen MR) is 104 cm³/mol. The van der Waals surface area contributed by atoms with Crippen molar-refractivity contribution in [2.75, 3.05) is 16.5 Å². The Kier molecular flexibility index (Phi) is 5.28. The molecule has 0 radical (unpaired) electrons. The van der Waals surface area contributed by atoms with Gasteiger partial charge in [0.2, 0.25) is 0 Å². The Balaban J connectivity index is 1.73. The van der Waals surface area contributed by atoms with Gasteiger partial charge in [-0.05, 0) is 47.1 Å². The van der Waals surface area contributed by atoms with Crippen LogP contribution in [-0.4, -0.2) is 20.9 Å². The van der Waals surface area contributed by atoms with Crippen LogP contribution in [0, 0.1) is 6.92 Å². The molecule has 132 valence electrons. The van der Waals surface area contributed by atoms with Gasteiger partial charge < -0.3 is 11.1 Å². The SMILES string of the molecule is Cc1cccc(Nc2ncnc(NNC(=O)c3ccccc3Br)c2N)n1. The Labute approximate surface area is 158 Å². The Bertz CT molecular complexity index is 948. The van der Waals surface area contributed by atoms with Gasteiger partial charge in [0.15, 0.2) is 11.6 Å². The van der Waals surface area contributed by atoms with Crippen LogP contribution in [0.3, 0.4) is 0 Å². The van der Waals surface area contributed by atoms with Crippen LogP contribution in [0.15, 0.2) is 53.3 Å². The second-order valence-corrected chi connectivity index (χ2v) is 6.19. The molecule has 0 fully saturated rings. The number of hydrogen-bond donors (Lipinski definition) is 4. The number of aryl methyl sites for hydroxylation is 1. The zero-order valence-corrected chi connectivity index (χ0v) is 15.4. The van der Waals surface area contributed by atoms with E-state index >= 15 is 0 Å². The van der Waals surface area contributed by atoms with Gasteiger partial charge in [-0.3, -0.25) is 15.6 Å². The maximum Gasteiger partial charge on any atom is 0.270 e. The fraction of sp³-hybridized carbons (Fsp3) is 0.0588. The molecule has 3 rings (SSSR count). The lowest BCUT2D eigenvalue weighted by atomic mass is 10.2. The van der Waals surface area contributed by atoms with Gasteiger partial charge in [-0.25, -0.2) is 15.0 Å². The number of hydrazine groups is 1. The summed E-state index contributed by atoms with van der Waals surface area (Å²) in [5.41, 5.74) is 13.0. The lowest BCUT2D eigenvalue weighted by Crippen LogP contribution is -2.30.